The number of halogens is 3. The minimum atomic E-state index is -4.31. The first-order chi connectivity index (χ1) is 17.5. The normalized spacial score (nSPS) is 25.0. The summed E-state index contributed by atoms with van der Waals surface area (Å²) in [5.41, 5.74) is 1.22. The average molecular weight is 514 g/mol. The zero-order valence-corrected chi connectivity index (χ0v) is 22.1. The number of piperidine rings is 1. The molecule has 0 N–H and O–H groups in total. The molecule has 1 aliphatic carbocycles. The summed E-state index contributed by atoms with van der Waals surface area (Å²) in [6, 6.07) is 16.2. The predicted octanol–water partition coefficient (Wildman–Crippen LogP) is 5.89. The van der Waals surface area contributed by atoms with Crippen LogP contribution in [-0.2, 0) is 16.4 Å². The van der Waals surface area contributed by atoms with Crippen molar-refractivity contribution in [3.8, 4) is 0 Å². The molecule has 1 saturated carbocycles. The van der Waals surface area contributed by atoms with Crippen molar-refractivity contribution in [3.05, 3.63) is 71.3 Å². The Hall–Kier alpha value is -2.38. The summed E-state index contributed by atoms with van der Waals surface area (Å²) in [5, 5.41) is 0. The first kappa shape index (κ1) is 26.2. The Bertz CT molecular complexity index is 1090. The molecule has 3 aliphatic rings. The molecule has 5 rings (SSSR count). The lowest BCUT2D eigenvalue weighted by Gasteiger charge is -2.52. The second kappa shape index (κ2) is 9.73. The number of rotatable bonds is 5. The molecular weight excluding hydrogens is 475 g/mol. The van der Waals surface area contributed by atoms with Crippen molar-refractivity contribution in [2.75, 3.05) is 32.7 Å². The molecule has 2 heterocycles. The van der Waals surface area contributed by atoms with Crippen LogP contribution in [-0.4, -0.2) is 64.9 Å². The topological polar surface area (TPSA) is 26.8 Å². The number of piperazine rings is 1. The Balaban J connectivity index is 1.18. The minimum Gasteiger partial charge on any atom is -0.342 e. The maximum absolute atomic E-state index is 13.5. The Morgan fingerprint density at radius 3 is 2.08 bits per heavy atom. The average Bonchev–Trinajstić information content (AvgIpc) is 3.71. The molecule has 4 nitrogen and oxygen atoms in total. The zero-order chi connectivity index (χ0) is 26.4. The van der Waals surface area contributed by atoms with Gasteiger partial charge in [0.2, 0.25) is 5.91 Å². The summed E-state index contributed by atoms with van der Waals surface area (Å²) in [5.74, 6) is 0.296. The molecule has 2 saturated heterocycles. The Morgan fingerprint density at radius 1 is 0.919 bits per heavy atom. The van der Waals surface area contributed by atoms with E-state index in [1.54, 1.807) is 12.1 Å². The summed E-state index contributed by atoms with van der Waals surface area (Å²) >= 11 is 0. The molecule has 0 spiro atoms. The summed E-state index contributed by atoms with van der Waals surface area (Å²) in [6.07, 6.45) is -0.493. The summed E-state index contributed by atoms with van der Waals surface area (Å²) in [4.78, 5) is 20.6. The van der Waals surface area contributed by atoms with Gasteiger partial charge in [0.25, 0.3) is 0 Å². The lowest BCUT2D eigenvalue weighted by molar-refractivity contribution is -0.138. The smallest absolute Gasteiger partial charge is 0.342 e. The van der Waals surface area contributed by atoms with Gasteiger partial charge >= 0.3 is 6.18 Å². The molecule has 37 heavy (non-hydrogen) atoms. The van der Waals surface area contributed by atoms with Gasteiger partial charge in [0.05, 0.1) is 11.0 Å². The third kappa shape index (κ3) is 5.05. The molecule has 1 amide bonds. The molecule has 2 aromatic rings. The Morgan fingerprint density at radius 2 is 1.54 bits per heavy atom. The molecule has 200 valence electrons. The highest BCUT2D eigenvalue weighted by molar-refractivity contribution is 5.91. The number of alkyl halides is 3. The van der Waals surface area contributed by atoms with Crippen LogP contribution in [0.5, 0.6) is 0 Å². The van der Waals surface area contributed by atoms with E-state index in [4.69, 9.17) is 0 Å². The molecular formula is C30H38F3N3O. The predicted molar refractivity (Wildman–Crippen MR) is 139 cm³/mol. The maximum Gasteiger partial charge on any atom is 0.416 e. The van der Waals surface area contributed by atoms with Crippen LogP contribution in [0.4, 0.5) is 13.2 Å². The molecule has 2 aliphatic heterocycles. The van der Waals surface area contributed by atoms with Crippen LogP contribution in [0.25, 0.3) is 0 Å². The van der Waals surface area contributed by atoms with Gasteiger partial charge in [0, 0.05) is 50.3 Å². The molecule has 2 atom stereocenters. The SMILES string of the molecule is CC1CN(C2(C)CCN(C(=O)C3(c4ccccc4)CC3)CC2)CCN1C(C)c1ccc(C(F)(F)F)cc1. The van der Waals surface area contributed by atoms with Gasteiger partial charge in [-0.3, -0.25) is 14.6 Å². The summed E-state index contributed by atoms with van der Waals surface area (Å²) in [7, 11) is 0. The third-order valence-corrected chi connectivity index (χ3v) is 9.27. The number of nitrogens with zero attached hydrogens (tertiary/aromatic N) is 3. The quantitative estimate of drug-likeness (QED) is 0.499. The number of benzene rings is 2. The second-order valence-corrected chi connectivity index (χ2v) is 11.6. The van der Waals surface area contributed by atoms with Gasteiger partial charge in [-0.2, -0.15) is 13.2 Å². The number of hydrogen-bond acceptors (Lipinski definition) is 3. The van der Waals surface area contributed by atoms with Gasteiger partial charge < -0.3 is 4.90 Å². The van der Waals surface area contributed by atoms with Gasteiger partial charge in [0.15, 0.2) is 0 Å². The molecule has 0 aromatic heterocycles. The molecule has 7 heteroatoms. The number of carbonyl (C=O) groups excluding carboxylic acids is 1. The summed E-state index contributed by atoms with van der Waals surface area (Å²) < 4.78 is 38.9. The standard InChI is InChI=1S/C30H38F3N3O/c1-22-21-35(19-20-36(22)23(2)24-9-11-26(12-10-24)30(31,32)33)28(3)15-17-34(18-16-28)27(37)29(13-14-29)25-7-5-4-6-8-25/h4-12,22-23H,13-21H2,1-3H3. The highest BCUT2D eigenvalue weighted by Gasteiger charge is 2.54. The van der Waals surface area contributed by atoms with Crippen molar-refractivity contribution in [2.24, 2.45) is 0 Å². The van der Waals surface area contributed by atoms with E-state index in [-0.39, 0.29) is 23.0 Å². The lowest BCUT2D eigenvalue weighted by atomic mass is 9.85. The monoisotopic (exact) mass is 513 g/mol. The third-order valence-electron chi connectivity index (χ3n) is 9.27. The maximum atomic E-state index is 13.5. The van der Waals surface area contributed by atoms with Gasteiger partial charge in [-0.05, 0) is 69.7 Å². The molecule has 3 fully saturated rings. The summed E-state index contributed by atoms with van der Waals surface area (Å²) in [6.45, 7) is 10.9. The highest BCUT2D eigenvalue weighted by atomic mass is 19.4. The van der Waals surface area contributed by atoms with Gasteiger partial charge in [0.1, 0.15) is 0 Å². The zero-order valence-electron chi connectivity index (χ0n) is 22.1. The van der Waals surface area contributed by atoms with Crippen molar-refractivity contribution in [1.29, 1.82) is 0 Å². The van der Waals surface area contributed by atoms with E-state index < -0.39 is 11.7 Å². The van der Waals surface area contributed by atoms with Crippen LogP contribution in [0.1, 0.15) is 69.2 Å². The van der Waals surface area contributed by atoms with Crippen LogP contribution in [0.15, 0.2) is 54.6 Å². The fraction of sp³-hybridized carbons (Fsp3) is 0.567. The van der Waals surface area contributed by atoms with E-state index in [9.17, 15) is 18.0 Å². The number of likely N-dealkylation sites (tertiary alicyclic amines) is 1. The van der Waals surface area contributed by atoms with Crippen molar-refractivity contribution >= 4 is 5.91 Å². The Kier molecular flexibility index (Phi) is 6.90. The van der Waals surface area contributed by atoms with Crippen molar-refractivity contribution < 1.29 is 18.0 Å². The molecule has 0 radical (unpaired) electrons. The Labute approximate surface area is 218 Å². The fourth-order valence-electron chi connectivity index (χ4n) is 6.50. The largest absolute Gasteiger partial charge is 0.416 e. The van der Waals surface area contributed by atoms with Gasteiger partial charge in [-0.25, -0.2) is 0 Å². The number of hydrogen-bond donors (Lipinski definition) is 0. The lowest BCUT2D eigenvalue weighted by Crippen LogP contribution is -2.62. The highest BCUT2D eigenvalue weighted by Crippen LogP contribution is 2.50. The number of carbonyl (C=O) groups is 1. The van der Waals surface area contributed by atoms with E-state index in [1.165, 1.54) is 12.1 Å². The van der Waals surface area contributed by atoms with Crippen molar-refractivity contribution in [2.45, 2.75) is 75.7 Å². The van der Waals surface area contributed by atoms with Crippen LogP contribution in [0.3, 0.4) is 0 Å². The van der Waals surface area contributed by atoms with Crippen molar-refractivity contribution in [3.63, 3.8) is 0 Å². The fourth-order valence-corrected chi connectivity index (χ4v) is 6.50. The van der Waals surface area contributed by atoms with E-state index in [0.29, 0.717) is 5.91 Å². The molecule has 0 bridgehead atoms. The first-order valence-corrected chi connectivity index (χ1v) is 13.6. The van der Waals surface area contributed by atoms with Gasteiger partial charge in [-0.1, -0.05) is 42.5 Å². The molecule has 2 aromatic carbocycles. The molecule has 2 unspecified atom stereocenters. The van der Waals surface area contributed by atoms with Crippen LogP contribution >= 0.6 is 0 Å². The van der Waals surface area contributed by atoms with E-state index >= 15 is 0 Å². The van der Waals surface area contributed by atoms with Crippen molar-refractivity contribution in [1.82, 2.24) is 14.7 Å². The van der Waals surface area contributed by atoms with Gasteiger partial charge in [-0.15, -0.1) is 0 Å². The second-order valence-electron chi connectivity index (χ2n) is 11.6. The van der Waals surface area contributed by atoms with Crippen LogP contribution in [0, 0.1) is 0 Å². The van der Waals surface area contributed by atoms with E-state index in [2.05, 4.69) is 47.6 Å². The van der Waals surface area contributed by atoms with Crippen LogP contribution in [0.2, 0.25) is 0 Å². The minimum absolute atomic E-state index is 0.0538. The number of amides is 1. The first-order valence-electron chi connectivity index (χ1n) is 13.6. The van der Waals surface area contributed by atoms with Crippen LogP contribution < -0.4 is 0 Å². The van der Waals surface area contributed by atoms with E-state index in [0.717, 1.165) is 69.5 Å². The van der Waals surface area contributed by atoms with E-state index in [1.807, 2.05) is 18.2 Å².